The van der Waals surface area contributed by atoms with Gasteiger partial charge in [0.2, 0.25) is 5.91 Å². The van der Waals surface area contributed by atoms with Gasteiger partial charge in [-0.05, 0) is 18.2 Å². The average Bonchev–Trinajstić information content (AvgIpc) is 2.68. The van der Waals surface area contributed by atoms with E-state index in [1.165, 1.54) is 0 Å². The second-order valence-corrected chi connectivity index (χ2v) is 4.46. The summed E-state index contributed by atoms with van der Waals surface area (Å²) in [6.45, 7) is 0. The third-order valence-electron chi connectivity index (χ3n) is 2.59. The van der Waals surface area contributed by atoms with E-state index >= 15 is 0 Å². The van der Waals surface area contributed by atoms with Crippen LogP contribution >= 0.6 is 11.3 Å². The number of carbonyl (C=O) groups excluding carboxylic acids is 1. The Morgan fingerprint density at radius 1 is 1.29 bits per heavy atom. The molecule has 3 rings (SSSR count). The molecule has 2 aromatic rings. The number of thiophene rings is 1. The molecule has 0 bridgehead atoms. The molecular weight excluding hydrogens is 234 g/mol. The molecule has 0 aliphatic carbocycles. The average molecular weight is 243 g/mol. The van der Waals surface area contributed by atoms with E-state index in [1.807, 2.05) is 16.8 Å². The number of nitrogens with one attached hydrogen (secondary N) is 1. The maximum absolute atomic E-state index is 11.1. The quantitative estimate of drug-likeness (QED) is 0.690. The van der Waals surface area contributed by atoms with Crippen LogP contribution in [0.1, 0.15) is 15.9 Å². The van der Waals surface area contributed by atoms with Crippen molar-refractivity contribution >= 4 is 40.5 Å². The highest BCUT2D eigenvalue weighted by molar-refractivity contribution is 7.08. The number of amides is 1. The van der Waals surface area contributed by atoms with Crippen LogP contribution in [0.25, 0.3) is 0 Å². The van der Waals surface area contributed by atoms with E-state index in [4.69, 9.17) is 5.73 Å². The van der Waals surface area contributed by atoms with Crippen LogP contribution in [0.5, 0.6) is 0 Å². The van der Waals surface area contributed by atoms with Crippen LogP contribution in [0.3, 0.4) is 0 Å². The van der Waals surface area contributed by atoms with E-state index in [-0.39, 0.29) is 0 Å². The van der Waals surface area contributed by atoms with Gasteiger partial charge < -0.3 is 11.1 Å². The number of benzene rings is 1. The zero-order chi connectivity index (χ0) is 11.8. The van der Waals surface area contributed by atoms with Crippen LogP contribution in [-0.4, -0.2) is 12.1 Å². The van der Waals surface area contributed by atoms with Crippen molar-refractivity contribution in [3.8, 4) is 0 Å². The molecule has 0 radical (unpaired) electrons. The van der Waals surface area contributed by atoms with Crippen molar-refractivity contribution in [1.82, 2.24) is 0 Å². The highest BCUT2D eigenvalue weighted by Crippen LogP contribution is 2.34. The van der Waals surface area contributed by atoms with E-state index in [0.29, 0.717) is 5.56 Å². The normalized spacial score (nSPS) is 12.2. The Morgan fingerprint density at radius 2 is 2.18 bits per heavy atom. The molecule has 17 heavy (non-hydrogen) atoms. The van der Waals surface area contributed by atoms with Gasteiger partial charge in [0.15, 0.2) is 0 Å². The molecule has 0 unspecified atom stereocenters. The molecule has 0 atom stereocenters. The lowest BCUT2D eigenvalue weighted by Crippen LogP contribution is -2.10. The summed E-state index contributed by atoms with van der Waals surface area (Å²) in [5.74, 6) is -0.443. The standard InChI is InChI=1S/C12H9N3OS/c13-12(16)7-1-2-9-10(3-7)14-4-8-5-17-6-11(8)15-9/h1-6,15H,(H2,13,16). The van der Waals surface area contributed by atoms with Crippen molar-refractivity contribution < 1.29 is 4.79 Å². The first-order valence-corrected chi connectivity index (χ1v) is 5.99. The minimum atomic E-state index is -0.443. The smallest absolute Gasteiger partial charge is 0.248 e. The SMILES string of the molecule is NC(=O)c1ccc2c(c1)N=Cc1cscc1N2. The molecule has 1 aliphatic heterocycles. The highest BCUT2D eigenvalue weighted by Gasteiger charge is 2.11. The highest BCUT2D eigenvalue weighted by atomic mass is 32.1. The van der Waals surface area contributed by atoms with Crippen molar-refractivity contribution in [2.45, 2.75) is 0 Å². The van der Waals surface area contributed by atoms with Gasteiger partial charge in [-0.1, -0.05) is 0 Å². The number of aliphatic imine (C=N–C) groups is 1. The van der Waals surface area contributed by atoms with Crippen LogP contribution in [-0.2, 0) is 0 Å². The van der Waals surface area contributed by atoms with Crippen molar-refractivity contribution in [2.75, 3.05) is 5.32 Å². The number of nitrogens with zero attached hydrogens (tertiary/aromatic N) is 1. The van der Waals surface area contributed by atoms with Crippen LogP contribution < -0.4 is 11.1 Å². The van der Waals surface area contributed by atoms with Gasteiger partial charge in [0.25, 0.3) is 0 Å². The fraction of sp³-hybridized carbons (Fsp3) is 0. The second kappa shape index (κ2) is 3.71. The lowest BCUT2D eigenvalue weighted by atomic mass is 10.1. The first-order chi connectivity index (χ1) is 8.24. The third-order valence-corrected chi connectivity index (χ3v) is 3.35. The molecule has 2 heterocycles. The summed E-state index contributed by atoms with van der Waals surface area (Å²) in [6.07, 6.45) is 1.79. The van der Waals surface area contributed by atoms with Crippen molar-refractivity contribution in [3.63, 3.8) is 0 Å². The van der Waals surface area contributed by atoms with Gasteiger partial charge in [0.1, 0.15) is 0 Å². The van der Waals surface area contributed by atoms with E-state index in [9.17, 15) is 4.79 Å². The van der Waals surface area contributed by atoms with E-state index in [0.717, 1.165) is 22.6 Å². The molecule has 5 heteroatoms. The maximum atomic E-state index is 11.1. The van der Waals surface area contributed by atoms with Crippen molar-refractivity contribution in [1.29, 1.82) is 0 Å². The van der Waals surface area contributed by atoms with Crippen molar-refractivity contribution in [3.05, 3.63) is 40.1 Å². The molecule has 1 amide bonds. The molecule has 1 aromatic heterocycles. The summed E-state index contributed by atoms with van der Waals surface area (Å²) < 4.78 is 0. The Morgan fingerprint density at radius 3 is 3.00 bits per heavy atom. The molecule has 0 spiro atoms. The van der Waals surface area contributed by atoms with E-state index in [2.05, 4.69) is 10.3 Å². The van der Waals surface area contributed by atoms with Crippen molar-refractivity contribution in [2.24, 2.45) is 10.7 Å². The first-order valence-electron chi connectivity index (χ1n) is 5.05. The largest absolute Gasteiger partial charge is 0.366 e. The number of anilines is 2. The van der Waals surface area contributed by atoms with Gasteiger partial charge in [0, 0.05) is 28.1 Å². The van der Waals surface area contributed by atoms with Gasteiger partial charge in [0.05, 0.1) is 17.1 Å². The third kappa shape index (κ3) is 1.70. The number of hydrogen-bond donors (Lipinski definition) is 2. The number of hydrogen-bond acceptors (Lipinski definition) is 4. The lowest BCUT2D eigenvalue weighted by molar-refractivity contribution is 0.100. The number of nitrogens with two attached hydrogens (primary N) is 1. The summed E-state index contributed by atoms with van der Waals surface area (Å²) in [4.78, 5) is 15.4. The van der Waals surface area contributed by atoms with Crippen LogP contribution in [0, 0.1) is 0 Å². The Bertz CT molecular complexity index is 630. The fourth-order valence-electron chi connectivity index (χ4n) is 1.69. The molecular formula is C12H9N3OS. The summed E-state index contributed by atoms with van der Waals surface area (Å²) >= 11 is 1.62. The minimum Gasteiger partial charge on any atom is -0.366 e. The number of primary amides is 1. The maximum Gasteiger partial charge on any atom is 0.248 e. The molecule has 0 saturated carbocycles. The predicted octanol–water partition coefficient (Wildman–Crippen LogP) is 2.65. The Labute approximate surface area is 102 Å². The monoisotopic (exact) mass is 243 g/mol. The lowest BCUT2D eigenvalue weighted by Gasteiger charge is -2.07. The Kier molecular flexibility index (Phi) is 2.19. The summed E-state index contributed by atoms with van der Waals surface area (Å²) in [7, 11) is 0. The van der Waals surface area contributed by atoms with Gasteiger partial charge >= 0.3 is 0 Å². The zero-order valence-electron chi connectivity index (χ0n) is 8.81. The Hall–Kier alpha value is -2.14. The number of fused-ring (bicyclic) bond motifs is 2. The number of rotatable bonds is 1. The predicted molar refractivity (Wildman–Crippen MR) is 69.8 cm³/mol. The van der Waals surface area contributed by atoms with Gasteiger partial charge in [-0.2, -0.15) is 0 Å². The second-order valence-electron chi connectivity index (χ2n) is 3.72. The van der Waals surface area contributed by atoms with Gasteiger partial charge in [-0.25, -0.2) is 0 Å². The van der Waals surface area contributed by atoms with Crippen LogP contribution in [0.15, 0.2) is 34.0 Å². The molecule has 0 saturated heterocycles. The van der Waals surface area contributed by atoms with E-state index < -0.39 is 5.91 Å². The zero-order valence-corrected chi connectivity index (χ0v) is 9.62. The van der Waals surface area contributed by atoms with Gasteiger partial charge in [-0.15, -0.1) is 11.3 Å². The molecule has 4 nitrogen and oxygen atoms in total. The fourth-order valence-corrected chi connectivity index (χ4v) is 2.42. The Balaban J connectivity index is 2.11. The summed E-state index contributed by atoms with van der Waals surface area (Å²) in [5, 5.41) is 7.33. The molecule has 1 aromatic carbocycles. The van der Waals surface area contributed by atoms with Gasteiger partial charge in [-0.3, -0.25) is 9.79 Å². The summed E-state index contributed by atoms with van der Waals surface area (Å²) in [5.41, 5.74) is 9.39. The summed E-state index contributed by atoms with van der Waals surface area (Å²) in [6, 6.07) is 5.21. The van der Waals surface area contributed by atoms with Crippen LogP contribution in [0.4, 0.5) is 17.1 Å². The van der Waals surface area contributed by atoms with Crippen LogP contribution in [0.2, 0.25) is 0 Å². The molecule has 1 aliphatic rings. The first kappa shape index (κ1) is 10.0. The minimum absolute atomic E-state index is 0.443. The molecule has 3 N–H and O–H groups in total. The van der Waals surface area contributed by atoms with E-state index in [1.54, 1.807) is 29.7 Å². The number of carbonyl (C=O) groups is 1. The topological polar surface area (TPSA) is 67.5 Å². The molecule has 84 valence electrons. The molecule has 0 fully saturated rings.